The molecule has 1 aliphatic rings. The Hall–Kier alpha value is -1.95. The number of carbonyl (C=O) groups is 1. The number of aromatic nitrogens is 3. The van der Waals surface area contributed by atoms with Crippen molar-refractivity contribution >= 4 is 17.0 Å². The second-order valence-electron chi connectivity index (χ2n) is 4.39. The molecule has 0 amide bonds. The Balaban J connectivity index is 2.05. The molecule has 0 saturated carbocycles. The standard InChI is InChI=1S/C12H13N3O3/c16-12(17)8-1-2-10-11(7-8)15(14-13-10)9-3-5-18-6-4-9/h1-2,7,9H,3-6H2,(H,16,17). The van der Waals surface area contributed by atoms with E-state index >= 15 is 0 Å². The third-order valence-corrected chi connectivity index (χ3v) is 3.25. The number of hydrogen-bond acceptors (Lipinski definition) is 4. The summed E-state index contributed by atoms with van der Waals surface area (Å²) in [6.45, 7) is 1.43. The van der Waals surface area contributed by atoms with Crippen LogP contribution in [0.25, 0.3) is 11.0 Å². The van der Waals surface area contributed by atoms with Crippen molar-refractivity contribution in [1.29, 1.82) is 0 Å². The van der Waals surface area contributed by atoms with Gasteiger partial charge in [-0.2, -0.15) is 0 Å². The summed E-state index contributed by atoms with van der Waals surface area (Å²) < 4.78 is 7.14. The van der Waals surface area contributed by atoms with Crippen molar-refractivity contribution in [1.82, 2.24) is 15.0 Å². The van der Waals surface area contributed by atoms with E-state index < -0.39 is 5.97 Å². The van der Waals surface area contributed by atoms with E-state index in [0.29, 0.717) is 13.2 Å². The molecule has 0 unspecified atom stereocenters. The SMILES string of the molecule is O=C(O)c1ccc2nnn(C3CCOCC3)c2c1. The topological polar surface area (TPSA) is 77.2 Å². The molecule has 6 heteroatoms. The Kier molecular flexibility index (Phi) is 2.71. The second kappa shape index (κ2) is 4.38. The number of aromatic carboxylic acids is 1. The molecule has 1 aromatic heterocycles. The van der Waals surface area contributed by atoms with Crippen molar-refractivity contribution in [3.8, 4) is 0 Å². The largest absolute Gasteiger partial charge is 0.478 e. The Morgan fingerprint density at radius 1 is 1.39 bits per heavy atom. The molecule has 0 aliphatic carbocycles. The van der Waals surface area contributed by atoms with Crippen LogP contribution in [0.2, 0.25) is 0 Å². The zero-order valence-electron chi connectivity index (χ0n) is 9.74. The molecule has 1 saturated heterocycles. The van der Waals surface area contributed by atoms with Gasteiger partial charge in [-0.1, -0.05) is 5.21 Å². The Labute approximate surface area is 103 Å². The van der Waals surface area contributed by atoms with Gasteiger partial charge in [0, 0.05) is 13.2 Å². The first-order valence-corrected chi connectivity index (χ1v) is 5.92. The lowest BCUT2D eigenvalue weighted by atomic mass is 10.1. The Morgan fingerprint density at radius 2 is 2.17 bits per heavy atom. The number of ether oxygens (including phenoxy) is 1. The molecule has 1 aliphatic heterocycles. The molecule has 0 spiro atoms. The van der Waals surface area contributed by atoms with Crippen LogP contribution >= 0.6 is 0 Å². The highest BCUT2D eigenvalue weighted by Crippen LogP contribution is 2.24. The molecule has 3 rings (SSSR count). The minimum absolute atomic E-state index is 0.243. The quantitative estimate of drug-likeness (QED) is 0.869. The van der Waals surface area contributed by atoms with Gasteiger partial charge in [0.05, 0.1) is 17.1 Å². The van der Waals surface area contributed by atoms with Gasteiger partial charge in [0.1, 0.15) is 5.52 Å². The van der Waals surface area contributed by atoms with Gasteiger partial charge in [0.25, 0.3) is 0 Å². The van der Waals surface area contributed by atoms with Crippen molar-refractivity contribution in [3.05, 3.63) is 23.8 Å². The van der Waals surface area contributed by atoms with Gasteiger partial charge in [-0.3, -0.25) is 0 Å². The van der Waals surface area contributed by atoms with E-state index in [1.807, 2.05) is 4.68 Å². The molecule has 0 atom stereocenters. The van der Waals surface area contributed by atoms with Gasteiger partial charge < -0.3 is 9.84 Å². The summed E-state index contributed by atoms with van der Waals surface area (Å²) in [4.78, 5) is 11.0. The molecule has 94 valence electrons. The van der Waals surface area contributed by atoms with Crippen LogP contribution in [0.15, 0.2) is 18.2 Å². The van der Waals surface area contributed by atoms with Crippen molar-refractivity contribution in [2.24, 2.45) is 0 Å². The molecule has 6 nitrogen and oxygen atoms in total. The minimum atomic E-state index is -0.934. The van der Waals surface area contributed by atoms with Crippen LogP contribution in [0, 0.1) is 0 Å². The summed E-state index contributed by atoms with van der Waals surface area (Å²) in [6.07, 6.45) is 1.77. The van der Waals surface area contributed by atoms with E-state index in [1.165, 1.54) is 0 Å². The summed E-state index contributed by atoms with van der Waals surface area (Å²) >= 11 is 0. The van der Waals surface area contributed by atoms with Gasteiger partial charge in [0.2, 0.25) is 0 Å². The fourth-order valence-electron chi connectivity index (χ4n) is 2.27. The van der Waals surface area contributed by atoms with Crippen LogP contribution in [0.1, 0.15) is 29.2 Å². The zero-order valence-corrected chi connectivity index (χ0v) is 9.74. The summed E-state index contributed by atoms with van der Waals surface area (Å²) in [5.74, 6) is -0.934. The van der Waals surface area contributed by atoms with Crippen LogP contribution in [-0.4, -0.2) is 39.3 Å². The Bertz CT molecular complexity index is 587. The van der Waals surface area contributed by atoms with E-state index in [2.05, 4.69) is 10.3 Å². The Morgan fingerprint density at radius 3 is 2.89 bits per heavy atom. The highest BCUT2D eigenvalue weighted by Gasteiger charge is 2.19. The summed E-state index contributed by atoms with van der Waals surface area (Å²) in [6, 6.07) is 5.12. The lowest BCUT2D eigenvalue weighted by Gasteiger charge is -2.22. The van der Waals surface area contributed by atoms with E-state index in [-0.39, 0.29) is 11.6 Å². The van der Waals surface area contributed by atoms with Crippen LogP contribution in [0.4, 0.5) is 0 Å². The van der Waals surface area contributed by atoms with Crippen LogP contribution < -0.4 is 0 Å². The highest BCUT2D eigenvalue weighted by atomic mass is 16.5. The molecule has 1 aromatic carbocycles. The molecule has 0 bridgehead atoms. The monoisotopic (exact) mass is 247 g/mol. The third-order valence-electron chi connectivity index (χ3n) is 3.25. The first kappa shape index (κ1) is 11.2. The average molecular weight is 247 g/mol. The zero-order chi connectivity index (χ0) is 12.5. The van der Waals surface area contributed by atoms with Crippen LogP contribution in [-0.2, 0) is 4.74 Å². The number of carboxylic acid groups (broad SMARTS) is 1. The second-order valence-corrected chi connectivity index (χ2v) is 4.39. The average Bonchev–Trinajstić information content (AvgIpc) is 2.82. The molecule has 1 N–H and O–H groups in total. The third kappa shape index (κ3) is 1.84. The predicted octanol–water partition coefficient (Wildman–Crippen LogP) is 1.48. The van der Waals surface area contributed by atoms with Gasteiger partial charge in [-0.25, -0.2) is 9.48 Å². The molecule has 18 heavy (non-hydrogen) atoms. The molecular weight excluding hydrogens is 234 g/mol. The number of carboxylic acids is 1. The number of fused-ring (bicyclic) bond motifs is 1. The van der Waals surface area contributed by atoms with Crippen molar-refractivity contribution < 1.29 is 14.6 Å². The number of rotatable bonds is 2. The number of nitrogens with zero attached hydrogens (tertiary/aromatic N) is 3. The van der Waals surface area contributed by atoms with Gasteiger partial charge >= 0.3 is 5.97 Å². The van der Waals surface area contributed by atoms with E-state index in [4.69, 9.17) is 9.84 Å². The van der Waals surface area contributed by atoms with Gasteiger partial charge in [-0.05, 0) is 31.0 Å². The molecule has 0 radical (unpaired) electrons. The normalized spacial score (nSPS) is 17.1. The lowest BCUT2D eigenvalue weighted by Crippen LogP contribution is -2.20. The summed E-state index contributed by atoms with van der Waals surface area (Å²) in [5.41, 5.74) is 1.77. The number of benzene rings is 1. The molecule has 2 aromatic rings. The van der Waals surface area contributed by atoms with E-state index in [0.717, 1.165) is 23.9 Å². The first-order valence-electron chi connectivity index (χ1n) is 5.92. The van der Waals surface area contributed by atoms with E-state index in [1.54, 1.807) is 18.2 Å². The fraction of sp³-hybridized carbons (Fsp3) is 0.417. The molecular formula is C12H13N3O3. The van der Waals surface area contributed by atoms with Gasteiger partial charge in [-0.15, -0.1) is 5.10 Å². The molecule has 2 heterocycles. The number of hydrogen-bond donors (Lipinski definition) is 1. The maximum absolute atomic E-state index is 11.0. The van der Waals surface area contributed by atoms with Crippen molar-refractivity contribution in [2.75, 3.05) is 13.2 Å². The van der Waals surface area contributed by atoms with Gasteiger partial charge in [0.15, 0.2) is 0 Å². The maximum atomic E-state index is 11.0. The smallest absolute Gasteiger partial charge is 0.335 e. The fourth-order valence-corrected chi connectivity index (χ4v) is 2.27. The summed E-state index contributed by atoms with van der Waals surface area (Å²) in [5, 5.41) is 17.2. The maximum Gasteiger partial charge on any atom is 0.335 e. The minimum Gasteiger partial charge on any atom is -0.478 e. The predicted molar refractivity (Wildman–Crippen MR) is 63.6 cm³/mol. The van der Waals surface area contributed by atoms with Crippen molar-refractivity contribution in [3.63, 3.8) is 0 Å². The van der Waals surface area contributed by atoms with Crippen LogP contribution in [0.5, 0.6) is 0 Å². The summed E-state index contributed by atoms with van der Waals surface area (Å²) in [7, 11) is 0. The lowest BCUT2D eigenvalue weighted by molar-refractivity contribution is 0.0667. The first-order chi connectivity index (χ1) is 8.75. The van der Waals surface area contributed by atoms with Crippen LogP contribution in [0.3, 0.4) is 0 Å². The van der Waals surface area contributed by atoms with Crippen molar-refractivity contribution in [2.45, 2.75) is 18.9 Å². The highest BCUT2D eigenvalue weighted by molar-refractivity contribution is 5.92. The van der Waals surface area contributed by atoms with E-state index in [9.17, 15) is 4.79 Å². The molecule has 1 fully saturated rings.